The second-order valence-electron chi connectivity index (χ2n) is 6.11. The van der Waals surface area contributed by atoms with Crippen LogP contribution in [-0.2, 0) is 11.3 Å². The van der Waals surface area contributed by atoms with Gasteiger partial charge in [-0.3, -0.25) is 9.89 Å². The minimum atomic E-state index is -0.468. The zero-order valence-electron chi connectivity index (χ0n) is 16.0. The molecule has 3 rings (SSSR count). The Balaban J connectivity index is 1.60. The van der Waals surface area contributed by atoms with Gasteiger partial charge in [0.05, 0.1) is 18.4 Å². The lowest BCUT2D eigenvalue weighted by Gasteiger charge is -2.20. The van der Waals surface area contributed by atoms with Gasteiger partial charge in [-0.2, -0.15) is 0 Å². The maximum atomic E-state index is 13.9. The first-order valence-corrected chi connectivity index (χ1v) is 9.90. The molecule has 0 fully saturated rings. The van der Waals surface area contributed by atoms with E-state index in [-0.39, 0.29) is 24.0 Å². The summed E-state index contributed by atoms with van der Waals surface area (Å²) in [4.78, 5) is 18.4. The number of carbonyl (C=O) groups is 1. The highest BCUT2D eigenvalue weighted by atomic mass is 32.2. The number of hydrogen-bond donors (Lipinski definition) is 1. The van der Waals surface area contributed by atoms with Gasteiger partial charge in [0.25, 0.3) is 0 Å². The third-order valence-electron chi connectivity index (χ3n) is 4.24. The number of amides is 1. The van der Waals surface area contributed by atoms with Crippen LogP contribution in [0.25, 0.3) is 11.4 Å². The van der Waals surface area contributed by atoms with Gasteiger partial charge in [0, 0.05) is 13.1 Å². The zero-order valence-corrected chi connectivity index (χ0v) is 16.8. The van der Waals surface area contributed by atoms with Crippen molar-refractivity contribution in [3.8, 4) is 17.1 Å². The van der Waals surface area contributed by atoms with E-state index >= 15 is 0 Å². The van der Waals surface area contributed by atoms with Crippen molar-refractivity contribution in [1.29, 1.82) is 0 Å². The van der Waals surface area contributed by atoms with Crippen molar-refractivity contribution in [2.24, 2.45) is 0 Å². The van der Waals surface area contributed by atoms with E-state index in [4.69, 9.17) is 4.74 Å². The molecular weight excluding hydrogens is 398 g/mol. The lowest BCUT2D eigenvalue weighted by molar-refractivity contribution is -0.128. The summed E-state index contributed by atoms with van der Waals surface area (Å²) >= 11 is 1.15. The highest BCUT2D eigenvalue weighted by Crippen LogP contribution is 2.22. The number of nitrogens with zero attached hydrogens (tertiary/aromatic N) is 3. The molecule has 0 aliphatic carbocycles. The minimum absolute atomic E-state index is 0.112. The van der Waals surface area contributed by atoms with Gasteiger partial charge in [0.2, 0.25) is 11.1 Å². The molecular formula is C20H20F2N4O2S. The molecule has 0 bridgehead atoms. The molecule has 1 heterocycles. The largest absolute Gasteiger partial charge is 0.494 e. The molecule has 1 N–H and O–H groups in total. The number of nitrogens with one attached hydrogen (secondary N) is 1. The molecule has 0 spiro atoms. The highest BCUT2D eigenvalue weighted by molar-refractivity contribution is 7.99. The van der Waals surface area contributed by atoms with E-state index in [0.29, 0.717) is 28.7 Å². The van der Waals surface area contributed by atoms with Crippen LogP contribution in [0.5, 0.6) is 5.75 Å². The lowest BCUT2D eigenvalue weighted by Crippen LogP contribution is -2.31. The first kappa shape index (κ1) is 20.8. The Kier molecular flexibility index (Phi) is 6.82. The summed E-state index contributed by atoms with van der Waals surface area (Å²) in [5.74, 6) is -0.426. The van der Waals surface area contributed by atoms with E-state index in [1.54, 1.807) is 29.2 Å². The van der Waals surface area contributed by atoms with E-state index in [9.17, 15) is 13.6 Å². The van der Waals surface area contributed by atoms with E-state index in [2.05, 4.69) is 15.2 Å². The Labute approximate surface area is 171 Å². The van der Waals surface area contributed by atoms with E-state index < -0.39 is 11.6 Å². The van der Waals surface area contributed by atoms with Crippen molar-refractivity contribution in [3.63, 3.8) is 0 Å². The van der Waals surface area contributed by atoms with Gasteiger partial charge < -0.3 is 9.64 Å². The minimum Gasteiger partial charge on any atom is -0.494 e. The normalized spacial score (nSPS) is 10.8. The van der Waals surface area contributed by atoms with Gasteiger partial charge in [0.15, 0.2) is 17.4 Å². The van der Waals surface area contributed by atoms with Crippen LogP contribution in [-0.4, -0.2) is 45.4 Å². The van der Waals surface area contributed by atoms with Crippen molar-refractivity contribution >= 4 is 17.7 Å². The average molecular weight is 418 g/mol. The standard InChI is InChI=1S/C20H20F2N4O2S/c1-3-26(11-13-8-9-17(28-2)16(22)10-13)18(27)12-29-20-23-19(24-25-20)14-6-4-5-7-15(14)21/h4-10H,3,11-12H2,1-2H3,(H,23,24,25). The fourth-order valence-corrected chi connectivity index (χ4v) is 3.41. The summed E-state index contributed by atoms with van der Waals surface area (Å²) in [6.45, 7) is 2.61. The second kappa shape index (κ2) is 9.51. The van der Waals surface area contributed by atoms with Gasteiger partial charge in [-0.05, 0) is 36.8 Å². The Morgan fingerprint density at radius 1 is 1.21 bits per heavy atom. The first-order chi connectivity index (χ1) is 14.0. The van der Waals surface area contributed by atoms with Crippen molar-refractivity contribution < 1.29 is 18.3 Å². The first-order valence-electron chi connectivity index (χ1n) is 8.92. The second-order valence-corrected chi connectivity index (χ2v) is 7.05. The molecule has 2 aromatic carbocycles. The van der Waals surface area contributed by atoms with Crippen LogP contribution in [0, 0.1) is 11.6 Å². The topological polar surface area (TPSA) is 71.1 Å². The van der Waals surface area contributed by atoms with E-state index in [0.717, 1.165) is 11.8 Å². The molecule has 152 valence electrons. The van der Waals surface area contributed by atoms with Crippen molar-refractivity contribution in [1.82, 2.24) is 20.1 Å². The van der Waals surface area contributed by atoms with Crippen LogP contribution in [0.15, 0.2) is 47.6 Å². The Hall–Kier alpha value is -2.94. The van der Waals surface area contributed by atoms with Crippen LogP contribution in [0.2, 0.25) is 0 Å². The highest BCUT2D eigenvalue weighted by Gasteiger charge is 2.16. The predicted molar refractivity (Wildman–Crippen MR) is 107 cm³/mol. The van der Waals surface area contributed by atoms with Crippen LogP contribution in [0.4, 0.5) is 8.78 Å². The van der Waals surface area contributed by atoms with Gasteiger partial charge in [0.1, 0.15) is 5.82 Å². The summed E-state index contributed by atoms with van der Waals surface area (Å²) in [7, 11) is 1.40. The fourth-order valence-electron chi connectivity index (χ4n) is 2.71. The third kappa shape index (κ3) is 5.11. The number of rotatable bonds is 8. The number of H-pyrrole nitrogens is 1. The molecule has 0 atom stereocenters. The van der Waals surface area contributed by atoms with E-state index in [1.165, 1.54) is 25.3 Å². The SMILES string of the molecule is CCN(Cc1ccc(OC)c(F)c1)C(=O)CSc1n[nH]c(-c2ccccc2F)n1. The number of carbonyl (C=O) groups excluding carboxylic acids is 1. The smallest absolute Gasteiger partial charge is 0.233 e. The van der Waals surface area contributed by atoms with Crippen LogP contribution in [0.1, 0.15) is 12.5 Å². The number of thioether (sulfide) groups is 1. The molecule has 0 radical (unpaired) electrons. The third-order valence-corrected chi connectivity index (χ3v) is 5.07. The Bertz CT molecular complexity index is 996. The van der Waals surface area contributed by atoms with Gasteiger partial charge in [-0.15, -0.1) is 5.10 Å². The predicted octanol–water partition coefficient (Wildman–Crippen LogP) is 3.90. The molecule has 0 aliphatic rings. The van der Waals surface area contributed by atoms with Gasteiger partial charge in [-0.1, -0.05) is 30.0 Å². The number of halogens is 2. The molecule has 29 heavy (non-hydrogen) atoms. The fraction of sp³-hybridized carbons (Fsp3) is 0.250. The summed E-state index contributed by atoms with van der Waals surface area (Å²) in [5, 5.41) is 7.07. The molecule has 1 aromatic heterocycles. The molecule has 0 aliphatic heterocycles. The number of hydrogen-bond acceptors (Lipinski definition) is 5. The van der Waals surface area contributed by atoms with Crippen LogP contribution >= 0.6 is 11.8 Å². The summed E-state index contributed by atoms with van der Waals surface area (Å²) in [6, 6.07) is 10.9. The van der Waals surface area contributed by atoms with E-state index in [1.807, 2.05) is 6.92 Å². The molecule has 6 nitrogen and oxygen atoms in total. The quantitative estimate of drug-likeness (QED) is 0.562. The Morgan fingerprint density at radius 3 is 2.69 bits per heavy atom. The summed E-state index contributed by atoms with van der Waals surface area (Å²) in [5.41, 5.74) is 0.984. The monoisotopic (exact) mass is 418 g/mol. The molecule has 0 saturated carbocycles. The maximum Gasteiger partial charge on any atom is 0.233 e. The molecule has 0 saturated heterocycles. The summed E-state index contributed by atoms with van der Waals surface area (Å²) < 4.78 is 32.6. The number of ether oxygens (including phenoxy) is 1. The molecule has 1 amide bonds. The number of benzene rings is 2. The van der Waals surface area contributed by atoms with Crippen molar-refractivity contribution in [2.45, 2.75) is 18.6 Å². The maximum absolute atomic E-state index is 13.9. The molecule has 9 heteroatoms. The van der Waals surface area contributed by atoms with Crippen LogP contribution in [0.3, 0.4) is 0 Å². The van der Waals surface area contributed by atoms with Gasteiger partial charge in [-0.25, -0.2) is 13.8 Å². The lowest BCUT2D eigenvalue weighted by atomic mass is 10.2. The molecule has 3 aromatic rings. The van der Waals surface area contributed by atoms with Crippen molar-refractivity contribution in [2.75, 3.05) is 19.4 Å². The average Bonchev–Trinajstić information content (AvgIpc) is 3.19. The van der Waals surface area contributed by atoms with Gasteiger partial charge >= 0.3 is 0 Å². The number of aromatic nitrogens is 3. The summed E-state index contributed by atoms with van der Waals surface area (Å²) in [6.07, 6.45) is 0. The molecule has 0 unspecified atom stereocenters. The van der Waals surface area contributed by atoms with Crippen molar-refractivity contribution in [3.05, 3.63) is 59.7 Å². The number of methoxy groups -OCH3 is 1. The Morgan fingerprint density at radius 2 is 2.00 bits per heavy atom. The zero-order chi connectivity index (χ0) is 20.8. The van der Waals surface area contributed by atoms with Crippen LogP contribution < -0.4 is 4.74 Å². The number of aromatic amines is 1.